The zero-order chi connectivity index (χ0) is 18.3. The first-order valence-electron chi connectivity index (χ1n) is 8.00. The van der Waals surface area contributed by atoms with Crippen LogP contribution in [0.25, 0.3) is 0 Å². The fraction of sp³-hybridized carbons (Fsp3) is 0.375. The first-order chi connectivity index (χ1) is 11.9. The molecule has 0 unspecified atom stereocenters. The number of aromatic nitrogens is 2. The summed E-state index contributed by atoms with van der Waals surface area (Å²) in [5, 5.41) is 5.42. The van der Waals surface area contributed by atoms with Crippen molar-refractivity contribution in [2.45, 2.75) is 37.8 Å². The van der Waals surface area contributed by atoms with Crippen molar-refractivity contribution >= 4 is 21.7 Å². The van der Waals surface area contributed by atoms with Gasteiger partial charge in [0.15, 0.2) is 0 Å². The Hall–Kier alpha value is -2.39. The summed E-state index contributed by atoms with van der Waals surface area (Å²) >= 11 is 0. The van der Waals surface area contributed by atoms with Crippen molar-refractivity contribution in [3.8, 4) is 0 Å². The number of sulfonamides is 1. The van der Waals surface area contributed by atoms with Crippen LogP contribution in [0.3, 0.4) is 0 Å². The molecule has 0 atom stereocenters. The molecule has 0 saturated carbocycles. The molecule has 2 aromatic rings. The minimum atomic E-state index is -3.53. The molecule has 1 aromatic carbocycles. The largest absolute Gasteiger partial charge is 0.338 e. The molecule has 3 N–H and O–H groups in total. The van der Waals surface area contributed by atoms with Crippen LogP contribution in [0.5, 0.6) is 0 Å². The number of aryl methyl sites for hydroxylation is 1. The second-order valence-corrected chi connectivity index (χ2v) is 7.55. The Morgan fingerprint density at radius 3 is 2.56 bits per heavy atom. The van der Waals surface area contributed by atoms with Crippen molar-refractivity contribution in [1.82, 2.24) is 19.6 Å². The van der Waals surface area contributed by atoms with Crippen molar-refractivity contribution in [2.75, 3.05) is 11.9 Å². The molecular formula is C16H23N5O3S. The van der Waals surface area contributed by atoms with Gasteiger partial charge in [-0.05, 0) is 44.5 Å². The van der Waals surface area contributed by atoms with Crippen molar-refractivity contribution in [3.63, 3.8) is 0 Å². The number of nitrogens with zero attached hydrogens (tertiary/aromatic N) is 2. The highest BCUT2D eigenvalue weighted by Gasteiger charge is 2.15. The van der Waals surface area contributed by atoms with E-state index in [-0.39, 0.29) is 17.0 Å². The summed E-state index contributed by atoms with van der Waals surface area (Å²) in [4.78, 5) is 15.9. The SMILES string of the molecule is CC(C)NS(=O)(=O)c1ccc(NC(=O)NCCCn2ccnc2)cc1. The van der Waals surface area contributed by atoms with Gasteiger partial charge in [0.2, 0.25) is 10.0 Å². The van der Waals surface area contributed by atoms with E-state index < -0.39 is 10.0 Å². The Morgan fingerprint density at radius 2 is 1.96 bits per heavy atom. The molecule has 0 fully saturated rings. The summed E-state index contributed by atoms with van der Waals surface area (Å²) in [7, 11) is -3.53. The van der Waals surface area contributed by atoms with Crippen molar-refractivity contribution < 1.29 is 13.2 Å². The van der Waals surface area contributed by atoms with Crippen molar-refractivity contribution in [3.05, 3.63) is 43.0 Å². The van der Waals surface area contributed by atoms with E-state index in [0.717, 1.165) is 13.0 Å². The standard InChI is InChI=1S/C16H23N5O3S/c1-13(2)20-25(23,24)15-6-4-14(5-7-15)19-16(22)18-8-3-10-21-11-9-17-12-21/h4-7,9,11-13,20H,3,8,10H2,1-2H3,(H2,18,19,22). The van der Waals surface area contributed by atoms with E-state index >= 15 is 0 Å². The minimum Gasteiger partial charge on any atom is -0.338 e. The first-order valence-corrected chi connectivity index (χ1v) is 9.48. The number of hydrogen-bond acceptors (Lipinski definition) is 4. The molecule has 0 aliphatic rings. The zero-order valence-corrected chi connectivity index (χ0v) is 15.1. The highest BCUT2D eigenvalue weighted by Crippen LogP contribution is 2.14. The van der Waals surface area contributed by atoms with E-state index in [4.69, 9.17) is 0 Å². The lowest BCUT2D eigenvalue weighted by Gasteiger charge is -2.11. The molecule has 136 valence electrons. The Labute approximate surface area is 147 Å². The van der Waals surface area contributed by atoms with Gasteiger partial charge in [0.1, 0.15) is 0 Å². The molecule has 0 aliphatic carbocycles. The maximum Gasteiger partial charge on any atom is 0.319 e. The van der Waals surface area contributed by atoms with Gasteiger partial charge in [-0.2, -0.15) is 0 Å². The number of imidazole rings is 1. The van der Waals surface area contributed by atoms with Crippen LogP contribution in [0.1, 0.15) is 20.3 Å². The summed E-state index contributed by atoms with van der Waals surface area (Å²) in [6.45, 7) is 4.81. The van der Waals surface area contributed by atoms with Gasteiger partial charge in [-0.15, -0.1) is 0 Å². The number of rotatable bonds is 8. The van der Waals surface area contributed by atoms with Crippen LogP contribution >= 0.6 is 0 Å². The fourth-order valence-electron chi connectivity index (χ4n) is 2.15. The van der Waals surface area contributed by atoms with Crippen molar-refractivity contribution in [1.29, 1.82) is 0 Å². The molecule has 0 aliphatic heterocycles. The predicted molar refractivity (Wildman–Crippen MR) is 95.8 cm³/mol. The number of urea groups is 1. The average molecular weight is 365 g/mol. The Kier molecular flexibility index (Phi) is 6.54. The number of hydrogen-bond donors (Lipinski definition) is 3. The molecule has 9 heteroatoms. The molecule has 0 bridgehead atoms. The van der Waals surface area contributed by atoms with Gasteiger partial charge in [0.25, 0.3) is 0 Å². The van der Waals surface area contributed by atoms with E-state index in [9.17, 15) is 13.2 Å². The summed E-state index contributed by atoms with van der Waals surface area (Å²) < 4.78 is 28.5. The predicted octanol–water partition coefficient (Wildman–Crippen LogP) is 1.78. The molecule has 0 saturated heterocycles. The van der Waals surface area contributed by atoms with Crippen LogP contribution in [-0.4, -0.2) is 36.6 Å². The molecule has 25 heavy (non-hydrogen) atoms. The molecule has 2 rings (SSSR count). The second-order valence-electron chi connectivity index (χ2n) is 5.84. The molecular weight excluding hydrogens is 342 g/mol. The second kappa shape index (κ2) is 8.63. The van der Waals surface area contributed by atoms with E-state index in [1.165, 1.54) is 12.1 Å². The lowest BCUT2D eigenvalue weighted by atomic mass is 10.3. The maximum atomic E-state index is 12.0. The average Bonchev–Trinajstić information content (AvgIpc) is 3.04. The van der Waals surface area contributed by atoms with Crippen LogP contribution in [-0.2, 0) is 16.6 Å². The topological polar surface area (TPSA) is 105 Å². The summed E-state index contributed by atoms with van der Waals surface area (Å²) in [6, 6.07) is 5.51. The normalized spacial score (nSPS) is 11.5. The number of nitrogens with one attached hydrogen (secondary N) is 3. The molecule has 1 heterocycles. The van der Waals surface area contributed by atoms with Crippen molar-refractivity contribution in [2.24, 2.45) is 0 Å². The summed E-state index contributed by atoms with van der Waals surface area (Å²) in [6.07, 6.45) is 6.08. The summed E-state index contributed by atoms with van der Waals surface area (Å²) in [5.74, 6) is 0. The van der Waals surface area contributed by atoms with Gasteiger partial charge < -0.3 is 15.2 Å². The molecule has 1 aromatic heterocycles. The maximum absolute atomic E-state index is 12.0. The van der Waals surface area contributed by atoms with Gasteiger partial charge in [-0.25, -0.2) is 22.9 Å². The lowest BCUT2D eigenvalue weighted by molar-refractivity contribution is 0.252. The molecule has 8 nitrogen and oxygen atoms in total. The van der Waals surface area contributed by atoms with Crippen LogP contribution in [0.15, 0.2) is 47.9 Å². The van der Waals surface area contributed by atoms with E-state index in [0.29, 0.717) is 12.2 Å². The Morgan fingerprint density at radius 1 is 1.24 bits per heavy atom. The van der Waals surface area contributed by atoms with Crippen LogP contribution in [0.4, 0.5) is 10.5 Å². The number of carbonyl (C=O) groups is 1. The first kappa shape index (κ1) is 18.9. The van der Waals surface area contributed by atoms with Gasteiger partial charge >= 0.3 is 6.03 Å². The number of carbonyl (C=O) groups excluding carboxylic acids is 1. The quantitative estimate of drug-likeness (QED) is 0.620. The van der Waals surface area contributed by atoms with Crippen LogP contribution in [0, 0.1) is 0 Å². The Balaban J connectivity index is 1.79. The monoisotopic (exact) mass is 365 g/mol. The van der Waals surface area contributed by atoms with Crippen LogP contribution < -0.4 is 15.4 Å². The number of benzene rings is 1. The third-order valence-corrected chi connectivity index (χ3v) is 4.93. The van der Waals surface area contributed by atoms with Gasteiger partial charge in [-0.3, -0.25) is 0 Å². The van der Waals surface area contributed by atoms with E-state index in [1.807, 2.05) is 10.8 Å². The smallest absolute Gasteiger partial charge is 0.319 e. The fourth-order valence-corrected chi connectivity index (χ4v) is 3.40. The van der Waals surface area contributed by atoms with E-state index in [1.54, 1.807) is 38.5 Å². The highest BCUT2D eigenvalue weighted by atomic mass is 32.2. The van der Waals surface area contributed by atoms with E-state index in [2.05, 4.69) is 20.3 Å². The Bertz CT molecular complexity index is 771. The zero-order valence-electron chi connectivity index (χ0n) is 14.3. The lowest BCUT2D eigenvalue weighted by Crippen LogP contribution is -2.30. The summed E-state index contributed by atoms with van der Waals surface area (Å²) in [5.41, 5.74) is 0.524. The highest BCUT2D eigenvalue weighted by molar-refractivity contribution is 7.89. The molecule has 0 radical (unpaired) electrons. The van der Waals surface area contributed by atoms with Gasteiger partial charge in [-0.1, -0.05) is 0 Å². The minimum absolute atomic E-state index is 0.160. The van der Waals surface area contributed by atoms with Gasteiger partial charge in [0, 0.05) is 37.2 Å². The third-order valence-electron chi connectivity index (χ3n) is 3.25. The molecule has 0 spiro atoms. The molecule has 2 amide bonds. The third kappa shape index (κ3) is 6.20. The number of anilines is 1. The van der Waals surface area contributed by atoms with Gasteiger partial charge in [0.05, 0.1) is 11.2 Å². The number of amides is 2. The van der Waals surface area contributed by atoms with Crippen LogP contribution in [0.2, 0.25) is 0 Å².